The maximum atomic E-state index is 12.1. The first-order valence-electron chi connectivity index (χ1n) is 33.7. The van der Waals surface area contributed by atoms with E-state index in [-0.39, 0.29) is 49.3 Å². The molecule has 0 spiro atoms. The number of likely N-dealkylation sites (tertiary alicyclic amines) is 3. The van der Waals surface area contributed by atoms with Crippen molar-refractivity contribution in [3.8, 4) is 57.5 Å². The molecule has 0 unspecified atom stereocenters. The lowest BCUT2D eigenvalue weighted by atomic mass is 10.1. The van der Waals surface area contributed by atoms with Crippen molar-refractivity contribution in [3.63, 3.8) is 0 Å². The summed E-state index contributed by atoms with van der Waals surface area (Å²) < 4.78 is 75.3. The molecule has 0 radical (unpaired) electrons. The van der Waals surface area contributed by atoms with Crippen LogP contribution in [0.5, 0.6) is 57.5 Å². The lowest BCUT2D eigenvalue weighted by Gasteiger charge is -2.39. The number of nitrogens with zero attached hydrogens (tertiary/aromatic N) is 3. The molecule has 9 aromatic rings. The normalized spacial score (nSPS) is 14.4. The van der Waals surface area contributed by atoms with Crippen molar-refractivity contribution < 1.29 is 66.4 Å². The molecule has 522 valence electrons. The number of phenolic OH excluding ortho intramolecular Hbond substituents is 2. The van der Waals surface area contributed by atoms with Gasteiger partial charge >= 0.3 is 6.09 Å². The molecule has 0 bridgehead atoms. The maximum Gasteiger partial charge on any atom is 0.410 e. The number of aromatic hydroxyl groups is 2. The Kier molecular flexibility index (Phi) is 29.2. The van der Waals surface area contributed by atoms with Gasteiger partial charge in [-0.3, -0.25) is 18.6 Å². The number of nitrogens with one attached hydrogen (secondary N) is 1. The molecule has 4 fully saturated rings. The predicted octanol–water partition coefficient (Wildman–Crippen LogP) is 15.4. The number of carbonyl (C=O) groups is 1. The molecule has 0 atom stereocenters. The van der Waals surface area contributed by atoms with Crippen LogP contribution in [0.4, 0.5) is 13.6 Å². The molecule has 4 saturated heterocycles. The second-order valence-corrected chi connectivity index (χ2v) is 25.1. The molecule has 4 heterocycles. The average molecular weight is 1350 g/mol. The molecule has 0 aliphatic carbocycles. The van der Waals surface area contributed by atoms with Crippen molar-refractivity contribution in [1.82, 2.24) is 20.0 Å². The van der Waals surface area contributed by atoms with E-state index in [1.165, 1.54) is 5.56 Å². The minimum absolute atomic E-state index is 0.00129. The van der Waals surface area contributed by atoms with E-state index in [0.29, 0.717) is 58.5 Å². The number of benzene rings is 9. The largest absolute Gasteiger partial charge is 0.508 e. The number of halogens is 2. The van der Waals surface area contributed by atoms with Crippen LogP contribution in [0.15, 0.2) is 243 Å². The Balaban J connectivity index is 0.000000147. The smallest absolute Gasteiger partial charge is 0.410 e. The number of hydrogen-bond donors (Lipinski definition) is 3. The van der Waals surface area contributed by atoms with E-state index < -0.39 is 5.60 Å². The summed E-state index contributed by atoms with van der Waals surface area (Å²) in [6.07, 6.45) is 1.65. The van der Waals surface area contributed by atoms with Gasteiger partial charge in [0.25, 0.3) is 0 Å². The summed E-state index contributed by atoms with van der Waals surface area (Å²) in [4.78, 5) is 17.9. The lowest BCUT2D eigenvalue weighted by molar-refractivity contribution is -0.0221. The van der Waals surface area contributed by atoms with Gasteiger partial charge in [0.1, 0.15) is 114 Å². The number of phenols is 2. The fourth-order valence-electron chi connectivity index (χ4n) is 10.1. The van der Waals surface area contributed by atoms with E-state index in [0.717, 1.165) is 115 Å². The Morgan fingerprint density at radius 3 is 0.919 bits per heavy atom. The zero-order chi connectivity index (χ0) is 69.3. The zero-order valence-corrected chi connectivity index (χ0v) is 56.7. The van der Waals surface area contributed by atoms with Crippen LogP contribution in [0.25, 0.3) is 0 Å². The van der Waals surface area contributed by atoms with Crippen molar-refractivity contribution in [2.45, 2.75) is 90.1 Å². The molecule has 1 amide bonds. The molecule has 0 saturated carbocycles. The van der Waals surface area contributed by atoms with Crippen LogP contribution >= 0.6 is 0 Å². The first-order valence-corrected chi connectivity index (χ1v) is 33.7. The predicted molar refractivity (Wildman–Crippen MR) is 381 cm³/mol. The van der Waals surface area contributed by atoms with Gasteiger partial charge in [0.2, 0.25) is 0 Å². The van der Waals surface area contributed by atoms with Crippen molar-refractivity contribution >= 4 is 6.09 Å². The second-order valence-electron chi connectivity index (χ2n) is 25.1. The highest BCUT2D eigenvalue weighted by molar-refractivity contribution is 5.69. The Hall–Kier alpha value is -10.0. The zero-order valence-electron chi connectivity index (χ0n) is 56.7. The van der Waals surface area contributed by atoms with Crippen molar-refractivity contribution in [3.05, 3.63) is 265 Å². The van der Waals surface area contributed by atoms with Gasteiger partial charge in [-0.15, -0.1) is 0 Å². The second kappa shape index (κ2) is 39.4. The monoisotopic (exact) mass is 1350 g/mol. The van der Waals surface area contributed by atoms with Gasteiger partial charge in [-0.1, -0.05) is 121 Å². The average Bonchev–Trinajstić information content (AvgIpc) is 0.856. The third-order valence-corrected chi connectivity index (χ3v) is 15.7. The molecule has 99 heavy (non-hydrogen) atoms. The van der Waals surface area contributed by atoms with Gasteiger partial charge in [-0.25, -0.2) is 4.79 Å². The quantitative estimate of drug-likeness (QED) is 0.0469. The number of carbonyl (C=O) groups excluding carboxylic acids is 1. The molecule has 3 N–H and O–H groups in total. The SMILES string of the molecule is CC(C)(C)OC(=O)N1CC(Oc2ccc(OCc3ccccc3)cc2)C1.FCCCN1CC(Oc2ccc(OCc3ccccc3)cc2)C1.Oc1ccc(OC2CN(CCCF)C2)cc1.Oc1ccc(OCc2ccccc2)cc1.c1ccc(COc2ccc(OC3CNC3)cc2)cc1. The van der Waals surface area contributed by atoms with Gasteiger partial charge in [0, 0.05) is 52.4 Å². The Bertz CT molecular complexity index is 3660. The summed E-state index contributed by atoms with van der Waals surface area (Å²) in [6, 6.07) is 76.8. The van der Waals surface area contributed by atoms with Crippen molar-refractivity contribution in [2.24, 2.45) is 0 Å². The molecular weight excluding hydrogens is 1260 g/mol. The third-order valence-electron chi connectivity index (χ3n) is 15.7. The lowest BCUT2D eigenvalue weighted by Crippen LogP contribution is -2.57. The summed E-state index contributed by atoms with van der Waals surface area (Å²) in [6.45, 7) is 15.4. The number of amides is 1. The maximum absolute atomic E-state index is 12.1. The van der Waals surface area contributed by atoms with Crippen LogP contribution in [-0.2, 0) is 31.2 Å². The van der Waals surface area contributed by atoms with Crippen LogP contribution in [0.1, 0.15) is 55.9 Å². The van der Waals surface area contributed by atoms with E-state index in [1.54, 1.807) is 53.4 Å². The minimum atomic E-state index is -0.474. The van der Waals surface area contributed by atoms with Crippen LogP contribution in [0.3, 0.4) is 0 Å². The number of alkyl halides is 2. The first-order chi connectivity index (χ1) is 48.2. The van der Waals surface area contributed by atoms with Crippen molar-refractivity contribution in [2.75, 3.05) is 78.8 Å². The van der Waals surface area contributed by atoms with Gasteiger partial charge in [0.05, 0.1) is 26.4 Å². The van der Waals surface area contributed by atoms with Crippen LogP contribution in [-0.4, -0.2) is 140 Å². The van der Waals surface area contributed by atoms with E-state index in [4.69, 9.17) is 52.8 Å². The molecule has 9 aromatic carbocycles. The highest BCUT2D eigenvalue weighted by Crippen LogP contribution is 2.27. The van der Waals surface area contributed by atoms with Gasteiger partial charge in [-0.05, 0) is 177 Å². The summed E-state index contributed by atoms with van der Waals surface area (Å²) in [5.41, 5.74) is 4.10. The summed E-state index contributed by atoms with van der Waals surface area (Å²) in [5, 5.41) is 21.4. The fraction of sp³-hybridized carbons (Fsp3) is 0.321. The Morgan fingerprint density at radius 2 is 0.646 bits per heavy atom. The standard InChI is InChI=1S/C21H25NO4.C19H22FNO2.C16H17NO2.C13H12O2.C12H16FNO2/c1-21(2,3)26-20(23)22-13-19(14-22)25-18-11-9-17(10-12-18)24-15-16-7-5-4-6-8-16;20-11-4-12-21-13-19(14-21)23-18-9-7-17(8-10-18)22-15-16-5-2-1-3-6-16;1-2-4-13(5-3-1)12-18-14-6-8-15(9-7-14)19-16-10-17-11-16;14-12-6-8-13(9-7-12)15-10-11-4-2-1-3-5-11;13-6-1-7-14-8-12(9-14)16-11-4-2-10(15)3-5-11/h4-12,19H,13-15H2,1-3H3;1-3,5-10,19H,4,11-15H2;1-9,16-17H,10-12H2;1-9,14H,10H2;2-5,12,15H,1,6-9H2. The van der Waals surface area contributed by atoms with Crippen molar-refractivity contribution in [1.29, 1.82) is 0 Å². The van der Waals surface area contributed by atoms with E-state index in [2.05, 4.69) is 27.2 Å². The Morgan fingerprint density at radius 1 is 0.384 bits per heavy atom. The number of rotatable bonds is 26. The summed E-state index contributed by atoms with van der Waals surface area (Å²) >= 11 is 0. The summed E-state index contributed by atoms with van der Waals surface area (Å²) in [5.74, 6) is 7.04. The number of ether oxygens (including phenoxy) is 9. The van der Waals surface area contributed by atoms with E-state index in [9.17, 15) is 13.6 Å². The molecule has 16 nitrogen and oxygen atoms in total. The Labute approximate surface area is 581 Å². The highest BCUT2D eigenvalue weighted by Gasteiger charge is 2.35. The molecule has 4 aliphatic heterocycles. The van der Waals surface area contributed by atoms with Crippen LogP contribution < -0.4 is 43.2 Å². The number of hydrogen-bond acceptors (Lipinski definition) is 15. The van der Waals surface area contributed by atoms with Gasteiger partial charge in [0.15, 0.2) is 0 Å². The van der Waals surface area contributed by atoms with Crippen LogP contribution in [0.2, 0.25) is 0 Å². The molecular formula is C81H92F2N4O12. The van der Waals surface area contributed by atoms with E-state index in [1.807, 2.05) is 203 Å². The van der Waals surface area contributed by atoms with Crippen LogP contribution in [0, 0.1) is 0 Å². The topological polar surface area (TPSA) is 162 Å². The van der Waals surface area contributed by atoms with E-state index >= 15 is 0 Å². The highest BCUT2D eigenvalue weighted by atomic mass is 19.1. The molecule has 13 rings (SSSR count). The molecule has 4 aliphatic rings. The first kappa shape index (κ1) is 73.2. The van der Waals surface area contributed by atoms with Gasteiger partial charge < -0.3 is 63.1 Å². The minimum Gasteiger partial charge on any atom is -0.508 e. The molecule has 18 heteroatoms. The third kappa shape index (κ3) is 27.1. The fourth-order valence-corrected chi connectivity index (χ4v) is 10.1. The van der Waals surface area contributed by atoms with Gasteiger partial charge in [-0.2, -0.15) is 0 Å². The molecule has 0 aromatic heterocycles. The summed E-state index contributed by atoms with van der Waals surface area (Å²) in [7, 11) is 0.